The molecule has 0 fully saturated rings. The number of ether oxygens (including phenoxy) is 3. The van der Waals surface area contributed by atoms with Gasteiger partial charge in [0.25, 0.3) is 5.91 Å². The Hall–Kier alpha value is -3.35. The number of nitrogens with zero attached hydrogens (tertiary/aromatic N) is 2. The van der Waals surface area contributed by atoms with Crippen LogP contribution in [0.5, 0.6) is 11.5 Å². The van der Waals surface area contributed by atoms with E-state index in [1.54, 1.807) is 18.2 Å². The normalized spacial score (nSPS) is 15.3. The predicted molar refractivity (Wildman–Crippen MR) is 97.0 cm³/mol. The van der Waals surface area contributed by atoms with Crippen LogP contribution in [0, 0.1) is 0 Å². The highest BCUT2D eigenvalue weighted by molar-refractivity contribution is 6.02. The summed E-state index contributed by atoms with van der Waals surface area (Å²) in [5.74, 6) is 0.144. The maximum Gasteiger partial charge on any atom is 0.338 e. The Bertz CT molecular complexity index is 895. The topological polar surface area (TPSA) is 77.4 Å². The molecule has 4 rings (SSSR count). The number of hydrogen-bond acceptors (Lipinski definition) is 6. The Morgan fingerprint density at radius 1 is 1.04 bits per heavy atom. The Morgan fingerprint density at radius 3 is 2.63 bits per heavy atom. The first-order valence-corrected chi connectivity index (χ1v) is 8.71. The smallest absolute Gasteiger partial charge is 0.338 e. The van der Waals surface area contributed by atoms with Gasteiger partial charge in [-0.3, -0.25) is 4.79 Å². The molecule has 2 aromatic rings. The highest BCUT2D eigenvalue weighted by Gasteiger charge is 2.23. The number of carbonyl (C=O) groups is 2. The first-order valence-electron chi connectivity index (χ1n) is 8.71. The van der Waals surface area contributed by atoms with Crippen LogP contribution >= 0.6 is 0 Å². The second kappa shape index (κ2) is 7.49. The van der Waals surface area contributed by atoms with Crippen LogP contribution in [0.4, 0.5) is 0 Å². The SMILES string of the molecule is O=C(OCC(=O)N1CCC(c2ccccc2)=N1)c1ccc2c(c1)OCCO2. The zero-order valence-electron chi connectivity index (χ0n) is 14.6. The molecule has 0 unspecified atom stereocenters. The van der Waals surface area contributed by atoms with Crippen molar-refractivity contribution in [1.82, 2.24) is 5.01 Å². The second-order valence-corrected chi connectivity index (χ2v) is 6.11. The van der Waals surface area contributed by atoms with E-state index in [4.69, 9.17) is 14.2 Å². The van der Waals surface area contributed by atoms with E-state index in [0.29, 0.717) is 43.2 Å². The predicted octanol–water partition coefficient (Wildman–Crippen LogP) is 2.25. The molecule has 0 aliphatic carbocycles. The number of esters is 1. The first kappa shape index (κ1) is 17.1. The van der Waals surface area contributed by atoms with Gasteiger partial charge in [-0.2, -0.15) is 5.10 Å². The van der Waals surface area contributed by atoms with Gasteiger partial charge in [0.05, 0.1) is 17.8 Å². The molecule has 2 aliphatic heterocycles. The zero-order valence-corrected chi connectivity index (χ0v) is 14.6. The summed E-state index contributed by atoms with van der Waals surface area (Å²) in [4.78, 5) is 24.5. The number of fused-ring (bicyclic) bond motifs is 1. The maximum atomic E-state index is 12.3. The molecule has 0 atom stereocenters. The lowest BCUT2D eigenvalue weighted by Crippen LogP contribution is -2.28. The lowest BCUT2D eigenvalue weighted by Gasteiger charge is -2.18. The van der Waals surface area contributed by atoms with Crippen LogP contribution in [0.3, 0.4) is 0 Å². The van der Waals surface area contributed by atoms with E-state index >= 15 is 0 Å². The van der Waals surface area contributed by atoms with Crippen molar-refractivity contribution < 1.29 is 23.8 Å². The van der Waals surface area contributed by atoms with E-state index in [0.717, 1.165) is 11.3 Å². The van der Waals surface area contributed by atoms with Gasteiger partial charge in [-0.15, -0.1) is 0 Å². The van der Waals surface area contributed by atoms with Crippen LogP contribution in [0.2, 0.25) is 0 Å². The number of hydrogen-bond donors (Lipinski definition) is 0. The van der Waals surface area contributed by atoms with Crippen LogP contribution in [-0.2, 0) is 9.53 Å². The average Bonchev–Trinajstić information content (AvgIpc) is 3.22. The Labute approximate surface area is 156 Å². The molecule has 27 heavy (non-hydrogen) atoms. The van der Waals surface area contributed by atoms with E-state index in [1.165, 1.54) is 5.01 Å². The fourth-order valence-electron chi connectivity index (χ4n) is 2.93. The number of hydrazone groups is 1. The van der Waals surface area contributed by atoms with E-state index in [9.17, 15) is 9.59 Å². The number of benzene rings is 2. The molecular formula is C20H18N2O5. The van der Waals surface area contributed by atoms with Gasteiger partial charge in [-0.05, 0) is 23.8 Å². The largest absolute Gasteiger partial charge is 0.486 e. The standard InChI is InChI=1S/C20H18N2O5/c23-19(22-9-8-16(21-22)14-4-2-1-3-5-14)13-27-20(24)15-6-7-17-18(12-15)26-11-10-25-17/h1-7,12H,8-11,13H2. The van der Waals surface area contributed by atoms with Crippen LogP contribution in [0.15, 0.2) is 53.6 Å². The third-order valence-corrected chi connectivity index (χ3v) is 4.30. The third-order valence-electron chi connectivity index (χ3n) is 4.30. The number of rotatable bonds is 4. The Morgan fingerprint density at radius 2 is 1.81 bits per heavy atom. The molecule has 2 heterocycles. The minimum absolute atomic E-state index is 0.307. The molecule has 138 valence electrons. The van der Waals surface area contributed by atoms with Gasteiger partial charge in [0.15, 0.2) is 18.1 Å². The molecule has 0 saturated heterocycles. The van der Waals surface area contributed by atoms with Gasteiger partial charge in [0.1, 0.15) is 13.2 Å². The number of carbonyl (C=O) groups excluding carboxylic acids is 2. The molecular weight excluding hydrogens is 348 g/mol. The van der Waals surface area contributed by atoms with Gasteiger partial charge in [0.2, 0.25) is 0 Å². The van der Waals surface area contributed by atoms with Crippen LogP contribution in [0.25, 0.3) is 0 Å². The Balaban J connectivity index is 1.35. The quantitative estimate of drug-likeness (QED) is 0.776. The van der Waals surface area contributed by atoms with Crippen LogP contribution in [-0.4, -0.2) is 49.0 Å². The fourth-order valence-corrected chi connectivity index (χ4v) is 2.93. The van der Waals surface area contributed by atoms with E-state index in [1.807, 2.05) is 30.3 Å². The summed E-state index contributed by atoms with van der Waals surface area (Å²) in [7, 11) is 0. The summed E-state index contributed by atoms with van der Waals surface area (Å²) < 4.78 is 16.0. The molecule has 2 aliphatic rings. The molecule has 2 aromatic carbocycles. The van der Waals surface area contributed by atoms with Crippen LogP contribution < -0.4 is 9.47 Å². The molecule has 0 bridgehead atoms. The van der Waals surface area contributed by atoms with Gasteiger partial charge >= 0.3 is 5.97 Å². The number of amides is 1. The molecule has 0 spiro atoms. The fraction of sp³-hybridized carbons (Fsp3) is 0.250. The summed E-state index contributed by atoms with van der Waals surface area (Å²) in [5.41, 5.74) is 2.14. The first-order chi connectivity index (χ1) is 13.2. The second-order valence-electron chi connectivity index (χ2n) is 6.11. The van der Waals surface area contributed by atoms with Crippen molar-refractivity contribution in [1.29, 1.82) is 0 Å². The molecule has 0 N–H and O–H groups in total. The lowest BCUT2D eigenvalue weighted by molar-refractivity contribution is -0.134. The van der Waals surface area contributed by atoms with Crippen molar-refractivity contribution in [2.75, 3.05) is 26.4 Å². The van der Waals surface area contributed by atoms with Gasteiger partial charge in [0, 0.05) is 6.42 Å². The summed E-state index contributed by atoms with van der Waals surface area (Å²) >= 11 is 0. The van der Waals surface area contributed by atoms with Gasteiger partial charge < -0.3 is 14.2 Å². The van der Waals surface area contributed by atoms with Gasteiger partial charge in [-0.1, -0.05) is 30.3 Å². The summed E-state index contributed by atoms with van der Waals surface area (Å²) in [6.45, 7) is 1.02. The molecule has 7 heteroatoms. The van der Waals surface area contributed by atoms with E-state index < -0.39 is 5.97 Å². The van der Waals surface area contributed by atoms with E-state index in [-0.39, 0.29) is 12.5 Å². The minimum atomic E-state index is -0.591. The highest BCUT2D eigenvalue weighted by atomic mass is 16.6. The summed E-state index contributed by atoms with van der Waals surface area (Å²) in [6, 6.07) is 14.5. The monoisotopic (exact) mass is 366 g/mol. The lowest BCUT2D eigenvalue weighted by atomic mass is 10.1. The summed E-state index contributed by atoms with van der Waals surface area (Å²) in [6.07, 6.45) is 0.672. The molecule has 0 saturated carbocycles. The highest BCUT2D eigenvalue weighted by Crippen LogP contribution is 2.30. The Kier molecular flexibility index (Phi) is 4.74. The van der Waals surface area contributed by atoms with Crippen molar-refractivity contribution in [2.45, 2.75) is 6.42 Å². The maximum absolute atomic E-state index is 12.3. The molecule has 7 nitrogen and oxygen atoms in total. The van der Waals surface area contributed by atoms with Gasteiger partial charge in [-0.25, -0.2) is 9.80 Å². The third kappa shape index (κ3) is 3.76. The zero-order chi connectivity index (χ0) is 18.6. The minimum Gasteiger partial charge on any atom is -0.486 e. The van der Waals surface area contributed by atoms with Crippen molar-refractivity contribution >= 4 is 17.6 Å². The van der Waals surface area contributed by atoms with E-state index in [2.05, 4.69) is 5.10 Å². The molecule has 0 aromatic heterocycles. The average molecular weight is 366 g/mol. The molecule has 0 radical (unpaired) electrons. The van der Waals surface area contributed by atoms with Crippen LogP contribution in [0.1, 0.15) is 22.3 Å². The van der Waals surface area contributed by atoms with Crippen molar-refractivity contribution in [3.8, 4) is 11.5 Å². The van der Waals surface area contributed by atoms with Crippen molar-refractivity contribution in [3.63, 3.8) is 0 Å². The van der Waals surface area contributed by atoms with Crippen molar-refractivity contribution in [3.05, 3.63) is 59.7 Å². The summed E-state index contributed by atoms with van der Waals surface area (Å²) in [5, 5.41) is 5.69. The molecule has 1 amide bonds. The van der Waals surface area contributed by atoms with Crippen molar-refractivity contribution in [2.24, 2.45) is 5.10 Å².